The number of unbranched alkanes of at least 4 members (excludes halogenated alkanes) is 1. The average molecular weight is 845 g/mol. The van der Waals surface area contributed by atoms with E-state index in [0.717, 1.165) is 0 Å². The first-order valence-corrected chi connectivity index (χ1v) is 21.6. The van der Waals surface area contributed by atoms with E-state index in [1.54, 1.807) is 38.1 Å². The van der Waals surface area contributed by atoms with Gasteiger partial charge in [-0.3, -0.25) is 33.6 Å². The van der Waals surface area contributed by atoms with Crippen LogP contribution in [0, 0.1) is 5.92 Å². The first-order chi connectivity index (χ1) is 29.2. The summed E-state index contributed by atoms with van der Waals surface area (Å²) in [4.78, 5) is 105. The SMILES string of the molecule is CC(C)C1NC(=O)C2CCCN2C(=O)C2CCCN2C(=O)C(CCCCN)NC(=O)C(Cc2ccc(O)cc2)NC(=O)C2CCCN2C(=O)C(Cc2ccc(O)cc2)NC1=O. The highest BCUT2D eigenvalue weighted by molar-refractivity contribution is 5.99. The number of rotatable bonds is 9. The summed E-state index contributed by atoms with van der Waals surface area (Å²) in [6.07, 6.45) is 3.82. The van der Waals surface area contributed by atoms with E-state index in [9.17, 15) is 43.8 Å². The van der Waals surface area contributed by atoms with Crippen molar-refractivity contribution in [1.29, 1.82) is 0 Å². The Labute approximate surface area is 356 Å². The van der Waals surface area contributed by atoms with Gasteiger partial charge in [-0.05, 0) is 106 Å². The highest BCUT2D eigenvalue weighted by Gasteiger charge is 2.45. The lowest BCUT2D eigenvalue weighted by molar-refractivity contribution is -0.148. The molecular formula is C44H60N8O9. The van der Waals surface area contributed by atoms with Gasteiger partial charge in [0.25, 0.3) is 0 Å². The number of benzene rings is 2. The van der Waals surface area contributed by atoms with Crippen LogP contribution in [0.1, 0.15) is 82.8 Å². The molecule has 4 heterocycles. The van der Waals surface area contributed by atoms with Gasteiger partial charge in [0.05, 0.1) is 0 Å². The number of nitrogens with two attached hydrogens (primary N) is 1. The van der Waals surface area contributed by atoms with Crippen molar-refractivity contribution in [3.05, 3.63) is 59.7 Å². The second kappa shape index (κ2) is 20.2. The van der Waals surface area contributed by atoms with E-state index in [0.29, 0.717) is 62.6 Å². The molecule has 0 aromatic heterocycles. The third kappa shape index (κ3) is 10.8. The van der Waals surface area contributed by atoms with E-state index in [2.05, 4.69) is 21.3 Å². The van der Waals surface area contributed by atoms with Crippen LogP contribution in [0.4, 0.5) is 0 Å². The molecule has 17 heteroatoms. The maximum atomic E-state index is 14.6. The molecule has 8 N–H and O–H groups in total. The molecular weight excluding hydrogens is 785 g/mol. The maximum absolute atomic E-state index is 14.6. The summed E-state index contributed by atoms with van der Waals surface area (Å²) >= 11 is 0. The van der Waals surface area contributed by atoms with E-state index in [4.69, 9.17) is 5.73 Å². The minimum atomic E-state index is -1.22. The third-order valence-electron chi connectivity index (χ3n) is 12.3. The predicted octanol–water partition coefficient (Wildman–Crippen LogP) is 0.594. The number of phenolic OH excluding ortho intramolecular Hbond substituents is 2. The molecule has 6 rings (SSSR count). The van der Waals surface area contributed by atoms with Crippen LogP contribution in [0.5, 0.6) is 11.5 Å². The minimum absolute atomic E-state index is 0.00268. The monoisotopic (exact) mass is 844 g/mol. The lowest BCUT2D eigenvalue weighted by atomic mass is 9.99. The van der Waals surface area contributed by atoms with Gasteiger partial charge < -0.3 is 51.9 Å². The normalized spacial score (nSPS) is 27.2. The standard InChI is InChI=1S/C44H60N8O9/c1-26(2)37-41(58)48-33(25-28-14-18-30(54)19-15-28)43(60)50-21-5-9-34(50)39(56)47-32(24-27-12-16-29(53)17-13-27)38(55)46-31(8-3-4-20-45)42(59)52-23-7-11-36(52)44(61)51-22-6-10-35(51)40(57)49-37/h12-19,26,31-37,53-54H,3-11,20-25,45H2,1-2H3,(H,46,55)(H,47,56)(H,48,58)(H,49,57). The van der Waals surface area contributed by atoms with Crippen molar-refractivity contribution < 1.29 is 43.8 Å². The number of fused-ring (bicyclic) bond motifs is 3. The molecule has 0 bridgehead atoms. The molecule has 2 aromatic rings. The van der Waals surface area contributed by atoms with Crippen LogP contribution in [0.25, 0.3) is 0 Å². The molecule has 4 aliphatic rings. The molecule has 17 nitrogen and oxygen atoms in total. The van der Waals surface area contributed by atoms with Crippen LogP contribution in [-0.4, -0.2) is 135 Å². The van der Waals surface area contributed by atoms with Gasteiger partial charge in [0.15, 0.2) is 0 Å². The maximum Gasteiger partial charge on any atom is 0.246 e. The molecule has 7 unspecified atom stereocenters. The number of aromatic hydroxyl groups is 2. The first kappa shape index (κ1) is 44.8. The number of hydrogen-bond donors (Lipinski definition) is 7. The van der Waals surface area contributed by atoms with Gasteiger partial charge in [-0.2, -0.15) is 0 Å². The molecule has 2 aromatic carbocycles. The Morgan fingerprint density at radius 1 is 0.557 bits per heavy atom. The molecule has 330 valence electrons. The van der Waals surface area contributed by atoms with Crippen molar-refractivity contribution >= 4 is 41.4 Å². The van der Waals surface area contributed by atoms with Gasteiger partial charge in [-0.25, -0.2) is 0 Å². The molecule has 4 saturated heterocycles. The first-order valence-electron chi connectivity index (χ1n) is 21.6. The largest absolute Gasteiger partial charge is 0.508 e. The van der Waals surface area contributed by atoms with Crippen molar-refractivity contribution in [2.75, 3.05) is 26.2 Å². The number of nitrogens with zero attached hydrogens (tertiary/aromatic N) is 3. The van der Waals surface area contributed by atoms with Gasteiger partial charge in [0.2, 0.25) is 41.4 Å². The summed E-state index contributed by atoms with van der Waals surface area (Å²) < 4.78 is 0. The topological polar surface area (TPSA) is 244 Å². The van der Waals surface area contributed by atoms with Crippen LogP contribution < -0.4 is 27.0 Å². The lowest BCUT2D eigenvalue weighted by Gasteiger charge is -2.34. The Kier molecular flexibility index (Phi) is 14.9. The zero-order chi connectivity index (χ0) is 43.8. The van der Waals surface area contributed by atoms with Crippen LogP contribution in [-0.2, 0) is 46.4 Å². The highest BCUT2D eigenvalue weighted by atomic mass is 16.3. The smallest absolute Gasteiger partial charge is 0.246 e. The van der Waals surface area contributed by atoms with Gasteiger partial charge in [-0.15, -0.1) is 0 Å². The van der Waals surface area contributed by atoms with Gasteiger partial charge in [0.1, 0.15) is 53.8 Å². The van der Waals surface area contributed by atoms with Gasteiger partial charge in [0, 0.05) is 32.5 Å². The Hall–Kier alpha value is -5.71. The van der Waals surface area contributed by atoms with Crippen molar-refractivity contribution in [3.8, 4) is 11.5 Å². The summed E-state index contributed by atoms with van der Waals surface area (Å²) in [6, 6.07) is 5.01. The van der Waals surface area contributed by atoms with Crippen LogP contribution in [0.2, 0.25) is 0 Å². The second-order valence-corrected chi connectivity index (χ2v) is 17.0. The van der Waals surface area contributed by atoms with Crippen LogP contribution in [0.15, 0.2) is 48.5 Å². The molecule has 4 fully saturated rings. The minimum Gasteiger partial charge on any atom is -0.508 e. The molecule has 0 aliphatic carbocycles. The van der Waals surface area contributed by atoms with Crippen LogP contribution >= 0.6 is 0 Å². The Morgan fingerprint density at radius 2 is 1.00 bits per heavy atom. The predicted molar refractivity (Wildman–Crippen MR) is 223 cm³/mol. The summed E-state index contributed by atoms with van der Waals surface area (Å²) in [5.74, 6) is -4.18. The summed E-state index contributed by atoms with van der Waals surface area (Å²) in [6.45, 7) is 4.63. The van der Waals surface area contributed by atoms with Crippen molar-refractivity contribution in [2.24, 2.45) is 11.7 Å². The van der Waals surface area contributed by atoms with Gasteiger partial charge >= 0.3 is 0 Å². The Morgan fingerprint density at radius 3 is 1.54 bits per heavy atom. The average Bonchev–Trinajstić information content (AvgIpc) is 4.04. The zero-order valence-corrected chi connectivity index (χ0v) is 35.0. The summed E-state index contributed by atoms with van der Waals surface area (Å²) in [5, 5.41) is 31.4. The van der Waals surface area contributed by atoms with Crippen molar-refractivity contribution in [2.45, 2.75) is 127 Å². The zero-order valence-electron chi connectivity index (χ0n) is 35.0. The Bertz CT molecular complexity index is 1930. The number of amides is 7. The van der Waals surface area contributed by atoms with Crippen molar-refractivity contribution in [1.82, 2.24) is 36.0 Å². The fourth-order valence-corrected chi connectivity index (χ4v) is 8.97. The number of carbonyl (C=O) groups excluding carboxylic acids is 7. The third-order valence-corrected chi connectivity index (χ3v) is 12.3. The van der Waals surface area contributed by atoms with E-state index in [-0.39, 0.29) is 62.7 Å². The highest BCUT2D eigenvalue weighted by Crippen LogP contribution is 2.27. The molecule has 0 spiro atoms. The second-order valence-electron chi connectivity index (χ2n) is 17.0. The Balaban J connectivity index is 1.39. The van der Waals surface area contributed by atoms with E-state index >= 15 is 0 Å². The fourth-order valence-electron chi connectivity index (χ4n) is 8.97. The molecule has 7 amide bonds. The molecule has 0 saturated carbocycles. The summed E-state index contributed by atoms with van der Waals surface area (Å²) in [7, 11) is 0. The molecule has 7 atom stereocenters. The fraction of sp³-hybridized carbons (Fsp3) is 0.568. The van der Waals surface area contributed by atoms with Gasteiger partial charge in [-0.1, -0.05) is 38.1 Å². The molecule has 61 heavy (non-hydrogen) atoms. The van der Waals surface area contributed by atoms with Crippen LogP contribution in [0.3, 0.4) is 0 Å². The number of hydrogen-bond acceptors (Lipinski definition) is 10. The molecule has 0 radical (unpaired) electrons. The van der Waals surface area contributed by atoms with E-state index in [1.807, 2.05) is 0 Å². The lowest BCUT2D eigenvalue weighted by Crippen LogP contribution is -2.60. The number of nitrogens with one attached hydrogen (secondary N) is 4. The van der Waals surface area contributed by atoms with Crippen molar-refractivity contribution in [3.63, 3.8) is 0 Å². The van der Waals surface area contributed by atoms with E-state index < -0.39 is 83.7 Å². The molecule has 4 aliphatic heterocycles. The number of carbonyl (C=O) groups is 7. The number of phenols is 2. The van der Waals surface area contributed by atoms with E-state index in [1.165, 1.54) is 39.0 Å². The quantitative estimate of drug-likeness (QED) is 0.173. The summed E-state index contributed by atoms with van der Waals surface area (Å²) in [5.41, 5.74) is 7.04.